The van der Waals surface area contributed by atoms with E-state index in [1.165, 1.54) is 0 Å². The zero-order chi connectivity index (χ0) is 20.1. The fourth-order valence-corrected chi connectivity index (χ4v) is 3.29. The third-order valence-corrected chi connectivity index (χ3v) is 4.77. The summed E-state index contributed by atoms with van der Waals surface area (Å²) in [6.07, 6.45) is 0. The molecule has 0 saturated carbocycles. The largest absolute Gasteiger partial charge is 0.486 e. The Morgan fingerprint density at radius 3 is 2.52 bits per heavy atom. The van der Waals surface area contributed by atoms with E-state index in [4.69, 9.17) is 14.2 Å². The maximum absolute atomic E-state index is 12.4. The molecule has 1 atom stereocenters. The molecule has 4 rings (SSSR count). The van der Waals surface area contributed by atoms with Crippen molar-refractivity contribution in [3.63, 3.8) is 0 Å². The van der Waals surface area contributed by atoms with E-state index in [1.807, 2.05) is 79.7 Å². The van der Waals surface area contributed by atoms with Crippen LogP contribution in [0.2, 0.25) is 0 Å². The zero-order valence-electron chi connectivity index (χ0n) is 16.3. The molecule has 0 aliphatic carbocycles. The Labute approximate surface area is 170 Å². The smallest absolute Gasteiger partial charge is 0.258 e. The van der Waals surface area contributed by atoms with Crippen LogP contribution in [0.5, 0.6) is 17.2 Å². The van der Waals surface area contributed by atoms with Gasteiger partial charge in [0, 0.05) is 5.56 Å². The van der Waals surface area contributed by atoms with Crippen LogP contribution in [-0.4, -0.2) is 25.7 Å². The molecule has 1 heterocycles. The summed E-state index contributed by atoms with van der Waals surface area (Å²) in [6.45, 7) is 2.96. The molecule has 1 amide bonds. The second-order valence-electron chi connectivity index (χ2n) is 6.84. The quantitative estimate of drug-likeness (QED) is 0.680. The zero-order valence-corrected chi connectivity index (χ0v) is 16.3. The van der Waals surface area contributed by atoms with Crippen LogP contribution in [0.15, 0.2) is 72.8 Å². The fourth-order valence-electron chi connectivity index (χ4n) is 3.29. The lowest BCUT2D eigenvalue weighted by Crippen LogP contribution is -2.31. The van der Waals surface area contributed by atoms with Gasteiger partial charge in [-0.25, -0.2) is 0 Å². The van der Waals surface area contributed by atoms with Gasteiger partial charge in [0.25, 0.3) is 5.91 Å². The second-order valence-corrected chi connectivity index (χ2v) is 6.84. The van der Waals surface area contributed by atoms with E-state index in [0.717, 1.165) is 22.4 Å². The summed E-state index contributed by atoms with van der Waals surface area (Å²) in [4.78, 5) is 12.4. The van der Waals surface area contributed by atoms with Gasteiger partial charge in [0.15, 0.2) is 18.1 Å². The van der Waals surface area contributed by atoms with E-state index in [2.05, 4.69) is 5.32 Å². The van der Waals surface area contributed by atoms with Gasteiger partial charge in [0.05, 0.1) is 6.04 Å². The van der Waals surface area contributed by atoms with Crippen LogP contribution in [0.3, 0.4) is 0 Å². The summed E-state index contributed by atoms with van der Waals surface area (Å²) >= 11 is 0. The molecule has 5 heteroatoms. The van der Waals surface area contributed by atoms with E-state index < -0.39 is 0 Å². The minimum absolute atomic E-state index is 0.0568. The van der Waals surface area contributed by atoms with Crippen molar-refractivity contribution in [2.24, 2.45) is 0 Å². The van der Waals surface area contributed by atoms with Crippen molar-refractivity contribution in [3.05, 3.63) is 78.4 Å². The highest BCUT2D eigenvalue weighted by molar-refractivity contribution is 5.78. The van der Waals surface area contributed by atoms with Gasteiger partial charge in [0.1, 0.15) is 19.0 Å². The molecular weight excluding hydrogens is 366 g/mol. The van der Waals surface area contributed by atoms with Gasteiger partial charge < -0.3 is 19.5 Å². The normalized spacial score (nSPS) is 13.4. The molecule has 1 N–H and O–H groups in total. The highest BCUT2D eigenvalue weighted by Gasteiger charge is 2.16. The number of ether oxygens (including phenoxy) is 3. The summed E-state index contributed by atoms with van der Waals surface area (Å²) in [6, 6.07) is 23.2. The number of hydrogen-bond donors (Lipinski definition) is 1. The number of nitrogens with one attached hydrogen (secondary N) is 1. The SMILES string of the molecule is C[C@@H](NC(=O)COc1ccccc1-c1ccccc1)c1ccc2c(c1)OCCO2. The number of fused-ring (bicyclic) bond motifs is 1. The predicted octanol–water partition coefficient (Wildman–Crippen LogP) is 4.38. The van der Waals surface area contributed by atoms with Crippen molar-refractivity contribution in [1.29, 1.82) is 0 Å². The van der Waals surface area contributed by atoms with Crippen LogP contribution in [0.1, 0.15) is 18.5 Å². The minimum atomic E-state index is -0.185. The highest BCUT2D eigenvalue weighted by atomic mass is 16.6. The van der Waals surface area contributed by atoms with E-state index in [9.17, 15) is 4.79 Å². The first kappa shape index (κ1) is 18.9. The van der Waals surface area contributed by atoms with Crippen LogP contribution >= 0.6 is 0 Å². The molecular formula is C24H23NO4. The van der Waals surface area contributed by atoms with E-state index >= 15 is 0 Å². The van der Waals surface area contributed by atoms with Gasteiger partial charge in [-0.1, -0.05) is 54.6 Å². The van der Waals surface area contributed by atoms with Crippen LogP contribution in [0.4, 0.5) is 0 Å². The molecule has 29 heavy (non-hydrogen) atoms. The van der Waals surface area contributed by atoms with Crippen molar-refractivity contribution < 1.29 is 19.0 Å². The van der Waals surface area contributed by atoms with Crippen molar-refractivity contribution in [2.45, 2.75) is 13.0 Å². The third-order valence-electron chi connectivity index (χ3n) is 4.77. The topological polar surface area (TPSA) is 56.8 Å². The van der Waals surface area contributed by atoms with Crippen LogP contribution in [0.25, 0.3) is 11.1 Å². The Kier molecular flexibility index (Phi) is 5.66. The van der Waals surface area contributed by atoms with E-state index in [1.54, 1.807) is 0 Å². The van der Waals surface area contributed by atoms with Crippen molar-refractivity contribution >= 4 is 5.91 Å². The average molecular weight is 389 g/mol. The lowest BCUT2D eigenvalue weighted by Gasteiger charge is -2.21. The highest BCUT2D eigenvalue weighted by Crippen LogP contribution is 2.33. The standard InChI is InChI=1S/C24H23NO4/c1-17(19-11-12-22-23(15-19)28-14-13-27-22)25-24(26)16-29-21-10-6-5-9-20(21)18-7-3-2-4-8-18/h2-12,15,17H,13-14,16H2,1H3,(H,25,26)/t17-/m1/s1. The van der Waals surface area contributed by atoms with Crippen molar-refractivity contribution in [1.82, 2.24) is 5.32 Å². The lowest BCUT2D eigenvalue weighted by molar-refractivity contribution is -0.123. The first-order valence-corrected chi connectivity index (χ1v) is 9.67. The number of hydrogen-bond acceptors (Lipinski definition) is 4. The fraction of sp³-hybridized carbons (Fsp3) is 0.208. The number of benzene rings is 3. The molecule has 3 aromatic rings. The van der Waals surface area contributed by atoms with E-state index in [-0.39, 0.29) is 18.6 Å². The lowest BCUT2D eigenvalue weighted by atomic mass is 10.1. The third kappa shape index (κ3) is 4.51. The maximum Gasteiger partial charge on any atom is 0.258 e. The van der Waals surface area contributed by atoms with Crippen molar-refractivity contribution in [3.8, 4) is 28.4 Å². The number of carbonyl (C=O) groups excluding carboxylic acids is 1. The van der Waals surface area contributed by atoms with Gasteiger partial charge in [0.2, 0.25) is 0 Å². The minimum Gasteiger partial charge on any atom is -0.486 e. The summed E-state index contributed by atoms with van der Waals surface area (Å²) in [7, 11) is 0. The van der Waals surface area contributed by atoms with Gasteiger partial charge in [-0.15, -0.1) is 0 Å². The number of amides is 1. The Balaban J connectivity index is 1.38. The summed E-state index contributed by atoms with van der Waals surface area (Å²) in [5.41, 5.74) is 2.96. The van der Waals surface area contributed by atoms with E-state index in [0.29, 0.717) is 24.7 Å². The average Bonchev–Trinajstić information content (AvgIpc) is 2.78. The monoisotopic (exact) mass is 389 g/mol. The molecule has 0 bridgehead atoms. The summed E-state index contributed by atoms with van der Waals surface area (Å²) in [5, 5.41) is 2.97. The number of rotatable bonds is 6. The van der Waals surface area contributed by atoms with Crippen molar-refractivity contribution in [2.75, 3.05) is 19.8 Å². The van der Waals surface area contributed by atoms with Gasteiger partial charge in [-0.2, -0.15) is 0 Å². The molecule has 0 radical (unpaired) electrons. The maximum atomic E-state index is 12.4. The Morgan fingerprint density at radius 1 is 0.966 bits per heavy atom. The predicted molar refractivity (Wildman–Crippen MR) is 111 cm³/mol. The molecule has 0 fully saturated rings. The molecule has 0 aromatic heterocycles. The first-order valence-electron chi connectivity index (χ1n) is 9.67. The Morgan fingerprint density at radius 2 is 1.69 bits per heavy atom. The molecule has 148 valence electrons. The number of carbonyl (C=O) groups is 1. The number of para-hydroxylation sites is 1. The summed E-state index contributed by atoms with van der Waals surface area (Å²) in [5.74, 6) is 1.94. The van der Waals surface area contributed by atoms with Crippen LogP contribution < -0.4 is 19.5 Å². The van der Waals surface area contributed by atoms with Gasteiger partial charge in [-0.3, -0.25) is 4.79 Å². The molecule has 1 aliphatic heterocycles. The molecule has 0 unspecified atom stereocenters. The molecule has 0 saturated heterocycles. The Hall–Kier alpha value is -3.47. The van der Waals surface area contributed by atoms with Crippen LogP contribution in [0, 0.1) is 0 Å². The van der Waals surface area contributed by atoms with Gasteiger partial charge in [-0.05, 0) is 36.2 Å². The molecule has 1 aliphatic rings. The first-order chi connectivity index (χ1) is 14.2. The van der Waals surface area contributed by atoms with Crippen LogP contribution in [-0.2, 0) is 4.79 Å². The second kappa shape index (κ2) is 8.69. The Bertz CT molecular complexity index is 987. The van der Waals surface area contributed by atoms with Gasteiger partial charge >= 0.3 is 0 Å². The molecule has 0 spiro atoms. The molecule has 5 nitrogen and oxygen atoms in total. The summed E-state index contributed by atoms with van der Waals surface area (Å²) < 4.78 is 17.0. The molecule has 3 aromatic carbocycles.